The Labute approximate surface area is 328 Å². The zero-order chi connectivity index (χ0) is 28.0. The average molecular weight is 815 g/mol. The topological polar surface area (TPSA) is 74.6 Å². The molecule has 42 heavy (non-hydrogen) atoms. The number of carbonyl (C=O) groups is 1. The van der Waals surface area contributed by atoms with Crippen LogP contribution in [0.1, 0.15) is 71.6 Å². The van der Waals surface area contributed by atoms with Gasteiger partial charge in [0.15, 0.2) is 0 Å². The van der Waals surface area contributed by atoms with E-state index < -0.39 is 19.3 Å². The number of fused-ring (bicyclic) bond motifs is 1. The largest absolute Gasteiger partial charge is 0.388 e. The fourth-order valence-electron chi connectivity index (χ4n) is 7.05. The average Bonchev–Trinajstić information content (AvgIpc) is 3.29. The Morgan fingerprint density at radius 3 is 1.95 bits per heavy atom. The molecule has 1 unspecified atom stereocenters. The Kier molecular flexibility index (Phi) is 18.6. The Morgan fingerprint density at radius 1 is 0.929 bits per heavy atom. The molecule has 3 aliphatic rings. The third kappa shape index (κ3) is 9.78. The van der Waals surface area contributed by atoms with Gasteiger partial charge in [-0.15, -0.1) is 0 Å². The van der Waals surface area contributed by atoms with Crippen molar-refractivity contribution >= 4 is 23.5 Å². The summed E-state index contributed by atoms with van der Waals surface area (Å²) in [4.78, 5) is 11.8. The second kappa shape index (κ2) is 19.0. The van der Waals surface area contributed by atoms with Crippen LogP contribution in [0.3, 0.4) is 0 Å². The molecule has 2 aromatic carbocycles. The SMILES string of the molecule is C=C1[C@H](O)CC(=CCP(=O)(c2ccccc2)c2ccccc2)C[C@H]1O.CCCC1CC[C@H]2C(=O)CCC[C@]12C.[Y].[Y].[Y]. The molecule has 5 rings (SSSR count). The van der Waals surface area contributed by atoms with Crippen molar-refractivity contribution in [1.29, 1.82) is 0 Å². The van der Waals surface area contributed by atoms with Gasteiger partial charge in [-0.25, -0.2) is 0 Å². The van der Waals surface area contributed by atoms with Gasteiger partial charge in [0.1, 0.15) is 12.9 Å². The molecule has 0 heterocycles. The molecule has 8 heteroatoms. The van der Waals surface area contributed by atoms with Crippen molar-refractivity contribution in [2.45, 2.75) is 83.8 Å². The predicted octanol–water partition coefficient (Wildman–Crippen LogP) is 6.56. The summed E-state index contributed by atoms with van der Waals surface area (Å²) >= 11 is 0. The van der Waals surface area contributed by atoms with Gasteiger partial charge in [-0.1, -0.05) is 106 Å². The number of hydrogen-bond acceptors (Lipinski definition) is 4. The maximum atomic E-state index is 13.9. The van der Waals surface area contributed by atoms with Crippen molar-refractivity contribution in [3.8, 4) is 0 Å². The van der Waals surface area contributed by atoms with Gasteiger partial charge in [0.2, 0.25) is 0 Å². The Morgan fingerprint density at radius 2 is 1.45 bits per heavy atom. The van der Waals surface area contributed by atoms with Crippen LogP contribution in [-0.4, -0.2) is 34.4 Å². The van der Waals surface area contributed by atoms with Crippen LogP contribution in [0.2, 0.25) is 0 Å². The molecule has 0 aliphatic heterocycles. The first-order chi connectivity index (χ1) is 18.7. The summed E-state index contributed by atoms with van der Waals surface area (Å²) < 4.78 is 13.9. The van der Waals surface area contributed by atoms with E-state index in [1.54, 1.807) is 0 Å². The van der Waals surface area contributed by atoms with E-state index in [0.29, 0.717) is 41.7 Å². The summed E-state index contributed by atoms with van der Waals surface area (Å²) in [5.74, 6) is 1.83. The van der Waals surface area contributed by atoms with Crippen molar-refractivity contribution < 1.29 is 118 Å². The van der Waals surface area contributed by atoms with E-state index in [2.05, 4.69) is 20.4 Å². The van der Waals surface area contributed by atoms with Crippen LogP contribution < -0.4 is 10.6 Å². The molecule has 0 aromatic heterocycles. The minimum Gasteiger partial charge on any atom is -0.388 e. The van der Waals surface area contributed by atoms with Gasteiger partial charge in [-0.05, 0) is 55.4 Å². The Hall–Kier alpha value is 1.05. The maximum absolute atomic E-state index is 13.9. The van der Waals surface area contributed by atoms with E-state index in [1.807, 2.05) is 66.7 Å². The zero-order valence-electron chi connectivity index (χ0n) is 25.3. The van der Waals surface area contributed by atoms with Gasteiger partial charge in [0.25, 0.3) is 0 Å². The number of Topliss-reactive ketones (excluding diaryl/α,β-unsaturated/α-hetero) is 1. The molecule has 3 saturated carbocycles. The van der Waals surface area contributed by atoms with Gasteiger partial charge in [0.05, 0.1) is 12.2 Å². The third-order valence-electron chi connectivity index (χ3n) is 9.45. The van der Waals surface area contributed by atoms with Gasteiger partial charge < -0.3 is 14.8 Å². The summed E-state index contributed by atoms with van der Waals surface area (Å²) in [6.45, 7) is 8.37. The van der Waals surface area contributed by atoms with E-state index in [4.69, 9.17) is 0 Å². The summed E-state index contributed by atoms with van der Waals surface area (Å²) in [6.07, 6.45) is 10.1. The first kappa shape index (κ1) is 41.1. The quantitative estimate of drug-likeness (QED) is 0.256. The van der Waals surface area contributed by atoms with Crippen molar-refractivity contribution in [1.82, 2.24) is 0 Å². The van der Waals surface area contributed by atoms with E-state index in [0.717, 1.165) is 34.9 Å². The molecule has 4 nitrogen and oxygen atoms in total. The van der Waals surface area contributed by atoms with E-state index in [9.17, 15) is 19.6 Å². The summed E-state index contributed by atoms with van der Waals surface area (Å²) in [5.41, 5.74) is 1.77. The van der Waals surface area contributed by atoms with Gasteiger partial charge in [0, 0.05) is 127 Å². The summed E-state index contributed by atoms with van der Waals surface area (Å²) in [6, 6.07) is 19.0. The van der Waals surface area contributed by atoms with Crippen molar-refractivity contribution in [2.24, 2.45) is 17.3 Å². The number of benzene rings is 2. The minimum absolute atomic E-state index is 0. The Balaban J connectivity index is 0.000000446. The third-order valence-corrected chi connectivity index (χ3v) is 12.4. The van der Waals surface area contributed by atoms with Gasteiger partial charge in [-0.2, -0.15) is 0 Å². The number of aliphatic hydroxyl groups excluding tert-OH is 2. The molecule has 3 radical (unpaired) electrons. The normalized spacial score (nSPS) is 26.8. The number of hydrogen-bond donors (Lipinski definition) is 2. The standard InChI is InChI=1S/C21H23O3P.C13H22O.3Y/c1-16-20(22)14-17(15-21(16)23)12-13-25(24,18-8-4-2-5-9-18)19-10-6-3-7-11-19;1-3-5-10-7-8-11-12(14)6-4-9-13(10,11)2;;;/h2-12,20-23H,1,13-15H2;10-11H,3-9H2,1-2H3;;;/t20-,21-;10?,11-,13+;;;/m10.../s1. The molecule has 0 amide bonds. The van der Waals surface area contributed by atoms with Crippen molar-refractivity contribution in [3.63, 3.8) is 0 Å². The number of ketones is 1. The molecule has 5 atom stereocenters. The molecule has 0 saturated heterocycles. The molecular formula is C34H45O4PY3. The van der Waals surface area contributed by atoms with Crippen LogP contribution in [-0.2, 0) is 107 Å². The molecule has 2 aromatic rings. The number of carbonyl (C=O) groups excluding carboxylic acids is 1. The molecule has 0 spiro atoms. The van der Waals surface area contributed by atoms with Crippen LogP contribution in [0.5, 0.6) is 0 Å². The van der Waals surface area contributed by atoms with Crippen LogP contribution >= 0.6 is 7.14 Å². The molecule has 3 aliphatic carbocycles. The number of aliphatic hydroxyl groups is 2. The predicted molar refractivity (Wildman–Crippen MR) is 161 cm³/mol. The molecule has 219 valence electrons. The van der Waals surface area contributed by atoms with Gasteiger partial charge in [-0.3, -0.25) is 4.79 Å². The molecule has 2 N–H and O–H groups in total. The van der Waals surface area contributed by atoms with E-state index in [1.165, 1.54) is 32.1 Å². The smallest absolute Gasteiger partial charge is 0.146 e. The van der Waals surface area contributed by atoms with Crippen LogP contribution in [0.15, 0.2) is 84.5 Å². The molecular weight excluding hydrogens is 770 g/mol. The van der Waals surface area contributed by atoms with Crippen LogP contribution in [0.25, 0.3) is 0 Å². The fourth-order valence-corrected chi connectivity index (χ4v) is 9.59. The zero-order valence-corrected chi connectivity index (χ0v) is 34.7. The van der Waals surface area contributed by atoms with Gasteiger partial charge >= 0.3 is 0 Å². The van der Waals surface area contributed by atoms with Crippen molar-refractivity contribution in [2.75, 3.05) is 6.16 Å². The van der Waals surface area contributed by atoms with Crippen LogP contribution in [0, 0.1) is 17.3 Å². The Bertz CT molecular complexity index is 1160. The molecule has 3 fully saturated rings. The first-order valence-electron chi connectivity index (χ1n) is 14.6. The summed E-state index contributed by atoms with van der Waals surface area (Å²) in [5, 5.41) is 21.7. The van der Waals surface area contributed by atoms with Crippen LogP contribution in [0.4, 0.5) is 0 Å². The van der Waals surface area contributed by atoms with E-state index in [-0.39, 0.29) is 98.1 Å². The maximum Gasteiger partial charge on any atom is 0.146 e. The fraction of sp³-hybridized carbons (Fsp3) is 0.500. The summed E-state index contributed by atoms with van der Waals surface area (Å²) in [7, 11) is -2.81. The molecule has 0 bridgehead atoms. The number of allylic oxidation sites excluding steroid dienone is 1. The monoisotopic (exact) mass is 815 g/mol. The van der Waals surface area contributed by atoms with Crippen molar-refractivity contribution in [3.05, 3.63) is 84.5 Å². The minimum atomic E-state index is -2.81. The first-order valence-corrected chi connectivity index (χ1v) is 16.5. The number of rotatable bonds is 6. The second-order valence-corrected chi connectivity index (χ2v) is 14.8. The van der Waals surface area contributed by atoms with E-state index >= 15 is 0 Å². The second-order valence-electron chi connectivity index (χ2n) is 11.9.